The van der Waals surface area contributed by atoms with Crippen LogP contribution in [0.4, 0.5) is 24.5 Å². The van der Waals surface area contributed by atoms with Gasteiger partial charge in [-0.25, -0.2) is 0 Å². The molecule has 2 unspecified atom stereocenters. The van der Waals surface area contributed by atoms with E-state index in [2.05, 4.69) is 52.7 Å². The zero-order valence-electron chi connectivity index (χ0n) is 18.4. The summed E-state index contributed by atoms with van der Waals surface area (Å²) in [5.41, 5.74) is 6.52. The summed E-state index contributed by atoms with van der Waals surface area (Å²) in [6, 6.07) is 15.1. The van der Waals surface area contributed by atoms with Gasteiger partial charge in [0, 0.05) is 36.5 Å². The maximum absolute atomic E-state index is 12.8. The SMILES string of the molecule is CC1CN(CC(F)(F)F)C(C)CN1CCCc1cccc2c1CCc1ccccc1N2. The third-order valence-corrected chi connectivity index (χ3v) is 6.72. The van der Waals surface area contributed by atoms with Gasteiger partial charge in [-0.2, -0.15) is 13.2 Å². The molecule has 168 valence electrons. The number of fused-ring (bicyclic) bond motifs is 2. The van der Waals surface area contributed by atoms with E-state index < -0.39 is 12.7 Å². The Bertz CT molecular complexity index is 896. The summed E-state index contributed by atoms with van der Waals surface area (Å²) in [4.78, 5) is 3.93. The molecule has 0 aliphatic carbocycles. The summed E-state index contributed by atoms with van der Waals surface area (Å²) in [5.74, 6) is 0. The quantitative estimate of drug-likeness (QED) is 0.682. The monoisotopic (exact) mass is 431 g/mol. The van der Waals surface area contributed by atoms with Crippen LogP contribution in [-0.4, -0.2) is 54.2 Å². The van der Waals surface area contributed by atoms with Crippen molar-refractivity contribution in [1.82, 2.24) is 9.80 Å². The van der Waals surface area contributed by atoms with E-state index in [1.54, 1.807) is 4.90 Å². The van der Waals surface area contributed by atoms with E-state index in [-0.39, 0.29) is 12.1 Å². The Morgan fingerprint density at radius 3 is 2.42 bits per heavy atom. The van der Waals surface area contributed by atoms with Crippen LogP contribution in [0.2, 0.25) is 0 Å². The van der Waals surface area contributed by atoms with Crippen molar-refractivity contribution < 1.29 is 13.2 Å². The third-order valence-electron chi connectivity index (χ3n) is 6.72. The summed E-state index contributed by atoms with van der Waals surface area (Å²) in [6.07, 6.45) is -0.0677. The number of alkyl halides is 3. The number of halogens is 3. The molecular formula is C25H32F3N3. The van der Waals surface area contributed by atoms with Crippen LogP contribution in [0.15, 0.2) is 42.5 Å². The van der Waals surface area contributed by atoms with Crippen molar-refractivity contribution in [2.75, 3.05) is 31.5 Å². The molecule has 0 bridgehead atoms. The molecule has 31 heavy (non-hydrogen) atoms. The molecule has 6 heteroatoms. The molecule has 0 amide bonds. The minimum absolute atomic E-state index is 0.0754. The van der Waals surface area contributed by atoms with Crippen LogP contribution in [0.1, 0.15) is 37.0 Å². The van der Waals surface area contributed by atoms with Crippen molar-refractivity contribution in [3.05, 3.63) is 59.2 Å². The van der Waals surface area contributed by atoms with Crippen LogP contribution >= 0.6 is 0 Å². The van der Waals surface area contributed by atoms with Crippen molar-refractivity contribution in [1.29, 1.82) is 0 Å². The van der Waals surface area contributed by atoms with E-state index in [0.29, 0.717) is 13.1 Å². The largest absolute Gasteiger partial charge is 0.401 e. The summed E-state index contributed by atoms with van der Waals surface area (Å²) in [6.45, 7) is 5.24. The average Bonchev–Trinajstić information content (AvgIpc) is 2.90. The predicted molar refractivity (Wildman–Crippen MR) is 120 cm³/mol. The van der Waals surface area contributed by atoms with E-state index in [9.17, 15) is 13.2 Å². The molecule has 4 rings (SSSR count). The highest BCUT2D eigenvalue weighted by atomic mass is 19.4. The summed E-state index contributed by atoms with van der Waals surface area (Å²) < 4.78 is 38.5. The van der Waals surface area contributed by atoms with Crippen molar-refractivity contribution in [3.8, 4) is 0 Å². The van der Waals surface area contributed by atoms with Gasteiger partial charge in [0.05, 0.1) is 6.54 Å². The zero-order chi connectivity index (χ0) is 22.0. The fraction of sp³-hybridized carbons (Fsp3) is 0.520. The maximum Gasteiger partial charge on any atom is 0.401 e. The van der Waals surface area contributed by atoms with Gasteiger partial charge in [0.1, 0.15) is 0 Å². The van der Waals surface area contributed by atoms with Gasteiger partial charge in [-0.3, -0.25) is 9.80 Å². The number of benzene rings is 2. The minimum atomic E-state index is -4.13. The van der Waals surface area contributed by atoms with Gasteiger partial charge in [-0.1, -0.05) is 30.3 Å². The van der Waals surface area contributed by atoms with Crippen molar-refractivity contribution in [2.24, 2.45) is 0 Å². The van der Waals surface area contributed by atoms with Crippen molar-refractivity contribution in [3.63, 3.8) is 0 Å². The van der Waals surface area contributed by atoms with Gasteiger partial charge < -0.3 is 5.32 Å². The second-order valence-corrected chi connectivity index (χ2v) is 9.07. The maximum atomic E-state index is 12.8. The number of anilines is 2. The van der Waals surface area contributed by atoms with Gasteiger partial charge in [0.2, 0.25) is 0 Å². The van der Waals surface area contributed by atoms with Gasteiger partial charge in [-0.05, 0) is 74.9 Å². The van der Waals surface area contributed by atoms with Crippen LogP contribution in [-0.2, 0) is 19.3 Å². The lowest BCUT2D eigenvalue weighted by Gasteiger charge is -2.44. The predicted octanol–water partition coefficient (Wildman–Crippen LogP) is 5.42. The molecule has 3 nitrogen and oxygen atoms in total. The number of hydrogen-bond donors (Lipinski definition) is 1. The van der Waals surface area contributed by atoms with E-state index >= 15 is 0 Å². The molecule has 1 N–H and O–H groups in total. The highest BCUT2D eigenvalue weighted by Crippen LogP contribution is 2.32. The van der Waals surface area contributed by atoms with Crippen LogP contribution in [0.25, 0.3) is 0 Å². The van der Waals surface area contributed by atoms with Crippen molar-refractivity contribution >= 4 is 11.4 Å². The van der Waals surface area contributed by atoms with Crippen LogP contribution in [0.3, 0.4) is 0 Å². The van der Waals surface area contributed by atoms with E-state index in [1.165, 1.54) is 28.1 Å². The summed E-state index contributed by atoms with van der Waals surface area (Å²) >= 11 is 0. The second-order valence-electron chi connectivity index (χ2n) is 9.07. The lowest BCUT2D eigenvalue weighted by Crippen LogP contribution is -2.58. The lowest BCUT2D eigenvalue weighted by atomic mass is 9.96. The normalized spacial score (nSPS) is 22.4. The molecule has 1 fully saturated rings. The number of nitrogens with zero attached hydrogens (tertiary/aromatic N) is 2. The molecule has 0 aromatic heterocycles. The minimum Gasteiger partial charge on any atom is -0.355 e. The van der Waals surface area contributed by atoms with Crippen molar-refractivity contribution in [2.45, 2.75) is 57.8 Å². The summed E-state index contributed by atoms with van der Waals surface area (Å²) in [5, 5.41) is 3.61. The standard InChI is InChI=1S/C25H32F3N3/c1-18-16-31(17-25(26,27)28)19(2)15-30(18)14-6-9-20-8-5-11-24-22(20)13-12-21-7-3-4-10-23(21)29-24/h3-5,7-8,10-11,18-19,29H,6,9,12-17H2,1-2H3. The first-order valence-electron chi connectivity index (χ1n) is 11.3. The smallest absolute Gasteiger partial charge is 0.355 e. The molecule has 0 saturated carbocycles. The van der Waals surface area contributed by atoms with Crippen LogP contribution < -0.4 is 5.32 Å². The molecule has 2 atom stereocenters. The van der Waals surface area contributed by atoms with Gasteiger partial charge >= 0.3 is 6.18 Å². The number of piperazine rings is 1. The van der Waals surface area contributed by atoms with Crippen LogP contribution in [0.5, 0.6) is 0 Å². The van der Waals surface area contributed by atoms with Crippen LogP contribution in [0, 0.1) is 0 Å². The lowest BCUT2D eigenvalue weighted by molar-refractivity contribution is -0.157. The molecule has 0 radical (unpaired) electrons. The number of hydrogen-bond acceptors (Lipinski definition) is 3. The number of rotatable bonds is 5. The number of aryl methyl sites for hydroxylation is 2. The van der Waals surface area contributed by atoms with Gasteiger partial charge in [0.15, 0.2) is 0 Å². The Labute approximate surface area is 183 Å². The highest BCUT2D eigenvalue weighted by molar-refractivity contribution is 5.69. The Balaban J connectivity index is 1.35. The summed E-state index contributed by atoms with van der Waals surface area (Å²) in [7, 11) is 0. The Morgan fingerprint density at radius 1 is 0.903 bits per heavy atom. The second kappa shape index (κ2) is 9.21. The fourth-order valence-corrected chi connectivity index (χ4v) is 5.05. The molecule has 1 saturated heterocycles. The molecular weight excluding hydrogens is 399 g/mol. The average molecular weight is 432 g/mol. The molecule has 2 aromatic rings. The van der Waals surface area contributed by atoms with E-state index in [4.69, 9.17) is 0 Å². The first-order chi connectivity index (χ1) is 14.8. The third kappa shape index (κ3) is 5.42. The van der Waals surface area contributed by atoms with Gasteiger partial charge in [-0.15, -0.1) is 0 Å². The Morgan fingerprint density at radius 2 is 1.61 bits per heavy atom. The molecule has 2 heterocycles. The molecule has 2 aliphatic heterocycles. The molecule has 2 aromatic carbocycles. The molecule has 0 spiro atoms. The Hall–Kier alpha value is -2.05. The van der Waals surface area contributed by atoms with E-state index in [1.807, 2.05) is 13.8 Å². The number of nitrogens with one attached hydrogen (secondary N) is 1. The number of para-hydroxylation sites is 1. The van der Waals surface area contributed by atoms with E-state index in [0.717, 1.165) is 32.2 Å². The topological polar surface area (TPSA) is 18.5 Å². The highest BCUT2D eigenvalue weighted by Gasteiger charge is 2.37. The fourth-order valence-electron chi connectivity index (χ4n) is 5.05. The first kappa shape index (κ1) is 22.2. The zero-order valence-corrected chi connectivity index (χ0v) is 18.4. The molecule has 2 aliphatic rings. The first-order valence-corrected chi connectivity index (χ1v) is 11.3. The van der Waals surface area contributed by atoms with Gasteiger partial charge in [0.25, 0.3) is 0 Å². The Kier molecular flexibility index (Phi) is 6.58.